The summed E-state index contributed by atoms with van der Waals surface area (Å²) in [6.07, 6.45) is 7.57. The van der Waals surface area contributed by atoms with Gasteiger partial charge in [0.25, 0.3) is 0 Å². The first-order valence-corrected chi connectivity index (χ1v) is 27.5. The molecule has 0 unspecified atom stereocenters. The molecule has 11 aromatic rings. The lowest BCUT2D eigenvalue weighted by Gasteiger charge is -2.40. The van der Waals surface area contributed by atoms with Crippen LogP contribution in [0.2, 0.25) is 0 Å². The number of hydrogen-bond donors (Lipinski definition) is 0. The van der Waals surface area contributed by atoms with Gasteiger partial charge >= 0.3 is 0 Å². The number of aromatic nitrogens is 2. The maximum atomic E-state index is 7.37. The molecule has 12 rings (SSSR count). The van der Waals surface area contributed by atoms with Gasteiger partial charge in [-0.25, -0.2) is 0 Å². The fourth-order valence-corrected chi connectivity index (χ4v) is 20.7. The summed E-state index contributed by atoms with van der Waals surface area (Å²) in [5.41, 5.74) is 8.64. The van der Waals surface area contributed by atoms with E-state index in [1.54, 1.807) is 0 Å². The van der Waals surface area contributed by atoms with E-state index >= 15 is 0 Å². The predicted molar refractivity (Wildman–Crippen MR) is 291 cm³/mol. The largest absolute Gasteiger partial charge is 0.457 e. The van der Waals surface area contributed by atoms with E-state index in [1.807, 2.05) is 36.9 Å². The van der Waals surface area contributed by atoms with Crippen LogP contribution in [0.5, 0.6) is 11.5 Å². The number of para-hydroxylation sites is 2. The van der Waals surface area contributed by atoms with Gasteiger partial charge in [-0.15, -0.1) is 0 Å². The van der Waals surface area contributed by atoms with Gasteiger partial charge in [0.15, 0.2) is 16.1 Å². The summed E-state index contributed by atoms with van der Waals surface area (Å²) in [6, 6.07) is 94.1. The Labute approximate surface area is 405 Å². The molecule has 2 aromatic heterocycles. The third-order valence-corrected chi connectivity index (χ3v) is 23.5. The normalized spacial score (nSPS) is 12.6. The molecule has 0 N–H and O–H groups in total. The second-order valence-electron chi connectivity index (χ2n) is 17.7. The Hall–Kier alpha value is -8.49. The molecule has 326 valence electrons. The second-order valence-corrected chi connectivity index (χ2v) is 25.2. The van der Waals surface area contributed by atoms with Gasteiger partial charge in [-0.3, -0.25) is 9.97 Å². The van der Waals surface area contributed by atoms with Gasteiger partial charge in [0.05, 0.1) is 0 Å². The molecular formula is C64H46N2OSi2. The summed E-state index contributed by atoms with van der Waals surface area (Å²) in [7, 11) is -6.01. The van der Waals surface area contributed by atoms with Gasteiger partial charge in [-0.05, 0) is 112 Å². The average Bonchev–Trinajstić information content (AvgIpc) is 3.44. The smallest absolute Gasteiger partial charge is 0.188 e. The molecule has 5 heteroatoms. The van der Waals surface area contributed by atoms with Crippen molar-refractivity contribution in [2.24, 2.45) is 0 Å². The molecule has 3 nitrogen and oxygen atoms in total. The molecule has 0 amide bonds. The topological polar surface area (TPSA) is 35.0 Å². The molecule has 0 saturated heterocycles. The Morgan fingerprint density at radius 1 is 0.319 bits per heavy atom. The highest BCUT2D eigenvalue weighted by molar-refractivity contribution is 7.21. The van der Waals surface area contributed by atoms with Gasteiger partial charge in [0.2, 0.25) is 0 Å². The molecule has 0 fully saturated rings. The molecule has 0 bridgehead atoms. The van der Waals surface area contributed by atoms with Crippen LogP contribution in [0.3, 0.4) is 0 Å². The number of fused-ring (bicyclic) bond motifs is 2. The molecule has 9 aromatic carbocycles. The molecular weight excluding hydrogens is 869 g/mol. The quantitative estimate of drug-likeness (QED) is 0.101. The molecule has 69 heavy (non-hydrogen) atoms. The summed E-state index contributed by atoms with van der Waals surface area (Å²) >= 11 is 0. The summed E-state index contributed by atoms with van der Waals surface area (Å²) < 4.78 is 7.37. The summed E-state index contributed by atoms with van der Waals surface area (Å²) in [5.74, 6) is 1.81. The molecule has 0 radical (unpaired) electrons. The van der Waals surface area contributed by atoms with Gasteiger partial charge in [-0.2, -0.15) is 0 Å². The SMILES string of the molecule is c1ccc([Si](c2ccccc2)(c2ccccc2)c2cc(-c3cc(-c4cccnc4)cc(-c4cccnc4)c3)cc(-c3cccc4c3Oc3ccccc3[Si]4(c3ccccc3)c3ccccc3)c2)cc1. The number of pyridine rings is 2. The van der Waals surface area contributed by atoms with Crippen molar-refractivity contribution in [3.8, 4) is 56.0 Å². The van der Waals surface area contributed by atoms with Crippen molar-refractivity contribution in [2.45, 2.75) is 0 Å². The van der Waals surface area contributed by atoms with E-state index in [4.69, 9.17) is 4.74 Å². The minimum atomic E-state index is -3.06. The zero-order valence-electron chi connectivity index (χ0n) is 37.9. The number of benzene rings is 9. The third-order valence-electron chi connectivity index (χ3n) is 13.9. The zero-order valence-corrected chi connectivity index (χ0v) is 39.9. The standard InChI is InChI=1S/C64H46N2OSi2/c1-6-23-54(24-7-1)68(55-25-8-2-9-26-55,56-27-10-3-11-28-56)59-43-52(51-40-49(47-21-19-37-65-45-47)39-50(41-51)48-22-20-38-66-46-48)42-53(44-59)60-33-18-36-63-64(60)67-61-34-16-17-35-62(61)69(63,57-29-12-4-13-30-57)58-31-14-5-15-32-58/h1-46H. The minimum Gasteiger partial charge on any atom is -0.457 e. The summed E-state index contributed by atoms with van der Waals surface area (Å²) in [4.78, 5) is 9.12. The summed E-state index contributed by atoms with van der Waals surface area (Å²) in [5, 5.41) is 10.3. The Kier molecular flexibility index (Phi) is 10.9. The van der Waals surface area contributed by atoms with Crippen LogP contribution < -0.4 is 46.2 Å². The van der Waals surface area contributed by atoms with Crippen molar-refractivity contribution in [1.82, 2.24) is 9.97 Å². The van der Waals surface area contributed by atoms with E-state index in [9.17, 15) is 0 Å². The van der Waals surface area contributed by atoms with Crippen LogP contribution in [-0.2, 0) is 0 Å². The molecule has 0 atom stereocenters. The Balaban J connectivity index is 1.20. The molecule has 0 spiro atoms. The van der Waals surface area contributed by atoms with Gasteiger partial charge in [0.1, 0.15) is 11.5 Å². The Bertz CT molecular complexity index is 3370. The van der Waals surface area contributed by atoms with Crippen molar-refractivity contribution >= 4 is 57.6 Å². The second kappa shape index (κ2) is 18.0. The van der Waals surface area contributed by atoms with Crippen LogP contribution >= 0.6 is 0 Å². The zero-order chi connectivity index (χ0) is 46.0. The number of nitrogens with zero attached hydrogens (tertiary/aromatic N) is 2. The lowest BCUT2D eigenvalue weighted by Crippen LogP contribution is -2.76. The monoisotopic (exact) mass is 914 g/mol. The number of rotatable bonds is 10. The van der Waals surface area contributed by atoms with Crippen LogP contribution in [0.25, 0.3) is 44.5 Å². The number of ether oxygens (including phenoxy) is 1. The highest BCUT2D eigenvalue weighted by atomic mass is 28.3. The molecule has 3 heterocycles. The van der Waals surface area contributed by atoms with Crippen molar-refractivity contribution in [3.63, 3.8) is 0 Å². The van der Waals surface area contributed by atoms with E-state index in [-0.39, 0.29) is 0 Å². The van der Waals surface area contributed by atoms with Crippen molar-refractivity contribution < 1.29 is 4.74 Å². The highest BCUT2D eigenvalue weighted by Crippen LogP contribution is 2.40. The Morgan fingerprint density at radius 3 is 1.25 bits per heavy atom. The third kappa shape index (κ3) is 7.27. The van der Waals surface area contributed by atoms with Gasteiger partial charge in [0, 0.05) is 41.5 Å². The predicted octanol–water partition coefficient (Wildman–Crippen LogP) is 10.0. The van der Waals surface area contributed by atoms with Crippen molar-refractivity contribution in [1.29, 1.82) is 0 Å². The minimum absolute atomic E-state index is 0.903. The van der Waals surface area contributed by atoms with Crippen LogP contribution in [0, 0.1) is 0 Å². The fourth-order valence-electron chi connectivity index (χ4n) is 10.9. The van der Waals surface area contributed by atoms with Crippen LogP contribution in [-0.4, -0.2) is 26.1 Å². The van der Waals surface area contributed by atoms with Gasteiger partial charge in [-0.1, -0.05) is 212 Å². The lowest BCUT2D eigenvalue weighted by atomic mass is 9.92. The fraction of sp³-hybridized carbons (Fsp3) is 0. The van der Waals surface area contributed by atoms with E-state index < -0.39 is 16.1 Å². The molecule has 0 aliphatic carbocycles. The maximum absolute atomic E-state index is 7.37. The van der Waals surface area contributed by atoms with Crippen LogP contribution in [0.15, 0.2) is 280 Å². The highest BCUT2D eigenvalue weighted by Gasteiger charge is 2.49. The molecule has 0 saturated carbocycles. The first-order valence-electron chi connectivity index (χ1n) is 23.5. The summed E-state index contributed by atoms with van der Waals surface area (Å²) in [6.45, 7) is 0. The first kappa shape index (κ1) is 41.9. The van der Waals surface area contributed by atoms with Crippen LogP contribution in [0.4, 0.5) is 0 Å². The Morgan fingerprint density at radius 2 is 0.739 bits per heavy atom. The molecule has 1 aliphatic rings. The molecule has 1 aliphatic heterocycles. The average molecular weight is 915 g/mol. The first-order chi connectivity index (χ1) is 34.2. The van der Waals surface area contributed by atoms with E-state index in [1.165, 1.54) is 41.5 Å². The van der Waals surface area contributed by atoms with Crippen molar-refractivity contribution in [3.05, 3.63) is 280 Å². The van der Waals surface area contributed by atoms with Crippen LogP contribution in [0.1, 0.15) is 0 Å². The van der Waals surface area contributed by atoms with E-state index in [2.05, 4.69) is 253 Å². The number of hydrogen-bond acceptors (Lipinski definition) is 3. The maximum Gasteiger partial charge on any atom is 0.188 e. The van der Waals surface area contributed by atoms with Gasteiger partial charge < -0.3 is 4.74 Å². The van der Waals surface area contributed by atoms with E-state index in [0.29, 0.717) is 0 Å². The van der Waals surface area contributed by atoms with E-state index in [0.717, 1.165) is 56.0 Å². The van der Waals surface area contributed by atoms with Crippen molar-refractivity contribution in [2.75, 3.05) is 0 Å². The lowest BCUT2D eigenvalue weighted by molar-refractivity contribution is 0.489.